The van der Waals surface area contributed by atoms with Gasteiger partial charge in [-0.05, 0) is 79.2 Å². The van der Waals surface area contributed by atoms with Crippen LogP contribution in [0.25, 0.3) is 0 Å². The van der Waals surface area contributed by atoms with Gasteiger partial charge in [0.05, 0.1) is 5.92 Å². The summed E-state index contributed by atoms with van der Waals surface area (Å²) in [4.78, 5) is 12.5. The summed E-state index contributed by atoms with van der Waals surface area (Å²) in [6.45, 7) is 6.69. The van der Waals surface area contributed by atoms with E-state index in [1.165, 1.54) is 42.4 Å². The lowest BCUT2D eigenvalue weighted by atomic mass is 9.80. The third kappa shape index (κ3) is 6.45. The Balaban J connectivity index is 1.45. The smallest absolute Gasteiger partial charge is 0.314 e. The van der Waals surface area contributed by atoms with E-state index in [0.29, 0.717) is 11.7 Å². The lowest BCUT2D eigenvalue weighted by molar-refractivity contribution is -0.140. The van der Waals surface area contributed by atoms with E-state index in [1.807, 2.05) is 12.1 Å². The third-order valence-electron chi connectivity index (χ3n) is 6.37. The van der Waals surface area contributed by atoms with Gasteiger partial charge in [-0.25, -0.2) is 0 Å². The topological polar surface area (TPSA) is 26.3 Å². The van der Waals surface area contributed by atoms with E-state index in [1.54, 1.807) is 0 Å². The van der Waals surface area contributed by atoms with E-state index < -0.39 is 0 Å². The Morgan fingerprint density at radius 1 is 0.897 bits per heavy atom. The van der Waals surface area contributed by atoms with Crippen LogP contribution in [0.15, 0.2) is 48.5 Å². The van der Waals surface area contributed by atoms with Crippen molar-refractivity contribution in [1.29, 1.82) is 0 Å². The maximum atomic E-state index is 12.5. The van der Waals surface area contributed by atoms with Gasteiger partial charge in [0.1, 0.15) is 5.75 Å². The number of carbonyl (C=O) groups is 1. The van der Waals surface area contributed by atoms with E-state index >= 15 is 0 Å². The van der Waals surface area contributed by atoms with Crippen LogP contribution in [-0.2, 0) is 17.6 Å². The van der Waals surface area contributed by atoms with Crippen molar-refractivity contribution in [2.75, 3.05) is 0 Å². The number of rotatable bonds is 8. The molecule has 0 unspecified atom stereocenters. The fraction of sp³-hybridized carbons (Fsp3) is 0.519. The molecule has 0 spiro atoms. The van der Waals surface area contributed by atoms with Crippen molar-refractivity contribution >= 4 is 5.97 Å². The maximum absolute atomic E-state index is 12.5. The summed E-state index contributed by atoms with van der Waals surface area (Å²) in [6.07, 6.45) is 8.87. The first-order chi connectivity index (χ1) is 14.0. The number of hydrogen-bond acceptors (Lipinski definition) is 2. The van der Waals surface area contributed by atoms with Crippen molar-refractivity contribution in [2.24, 2.45) is 11.8 Å². The third-order valence-corrected chi connectivity index (χ3v) is 6.37. The van der Waals surface area contributed by atoms with E-state index in [4.69, 9.17) is 4.74 Å². The number of carbonyl (C=O) groups excluding carboxylic acids is 1. The lowest BCUT2D eigenvalue weighted by Crippen LogP contribution is -2.25. The fourth-order valence-electron chi connectivity index (χ4n) is 4.38. The Labute approximate surface area is 176 Å². The molecule has 1 fully saturated rings. The zero-order chi connectivity index (χ0) is 20.6. The van der Waals surface area contributed by atoms with Crippen LogP contribution in [-0.4, -0.2) is 5.97 Å². The average molecular weight is 393 g/mol. The molecule has 2 nitrogen and oxygen atoms in total. The van der Waals surface area contributed by atoms with E-state index in [2.05, 4.69) is 57.2 Å². The standard InChI is InChI=1S/C27H36O2/c1-4-5-21-10-16-25(17-11-21)27(28)29-26-18-12-23(13-19-26)7-6-22-8-14-24(15-9-22)20(2)3/h8-9,12-15,18-21,25H,4-7,10-11,16-17H2,1-3H3. The monoisotopic (exact) mass is 392 g/mol. The van der Waals surface area contributed by atoms with Crippen LogP contribution in [0.5, 0.6) is 5.75 Å². The Hall–Kier alpha value is -2.09. The number of hydrogen-bond donors (Lipinski definition) is 0. The molecule has 0 amide bonds. The van der Waals surface area contributed by atoms with Gasteiger partial charge in [0.25, 0.3) is 0 Å². The lowest BCUT2D eigenvalue weighted by Gasteiger charge is -2.26. The molecule has 1 aliphatic carbocycles. The van der Waals surface area contributed by atoms with Crippen LogP contribution in [0, 0.1) is 11.8 Å². The molecule has 2 heteroatoms. The molecule has 0 saturated heterocycles. The maximum Gasteiger partial charge on any atom is 0.314 e. The van der Waals surface area contributed by atoms with Gasteiger partial charge in [0.15, 0.2) is 0 Å². The number of esters is 1. The van der Waals surface area contributed by atoms with Gasteiger partial charge in [0.2, 0.25) is 0 Å². The molecule has 0 heterocycles. The molecule has 2 aromatic carbocycles. The zero-order valence-electron chi connectivity index (χ0n) is 18.3. The van der Waals surface area contributed by atoms with E-state index in [0.717, 1.165) is 31.6 Å². The molecule has 0 bridgehead atoms. The van der Waals surface area contributed by atoms with Gasteiger partial charge in [-0.3, -0.25) is 4.79 Å². The van der Waals surface area contributed by atoms with Crippen LogP contribution in [0.3, 0.4) is 0 Å². The highest BCUT2D eigenvalue weighted by Crippen LogP contribution is 2.32. The molecule has 1 aliphatic rings. The molecule has 2 aromatic rings. The molecule has 3 rings (SSSR count). The molecular formula is C27H36O2. The largest absolute Gasteiger partial charge is 0.426 e. The average Bonchev–Trinajstić information content (AvgIpc) is 2.74. The number of benzene rings is 2. The molecule has 0 atom stereocenters. The molecule has 156 valence electrons. The van der Waals surface area contributed by atoms with Gasteiger partial charge in [-0.2, -0.15) is 0 Å². The van der Waals surface area contributed by atoms with Gasteiger partial charge in [-0.1, -0.05) is 70.0 Å². The van der Waals surface area contributed by atoms with Crippen molar-refractivity contribution in [3.05, 3.63) is 65.2 Å². The van der Waals surface area contributed by atoms with Crippen molar-refractivity contribution < 1.29 is 9.53 Å². The van der Waals surface area contributed by atoms with Crippen LogP contribution in [0.4, 0.5) is 0 Å². The molecular weight excluding hydrogens is 356 g/mol. The van der Waals surface area contributed by atoms with Crippen molar-refractivity contribution in [1.82, 2.24) is 0 Å². The van der Waals surface area contributed by atoms with Gasteiger partial charge < -0.3 is 4.74 Å². The Morgan fingerprint density at radius 2 is 1.45 bits per heavy atom. The van der Waals surface area contributed by atoms with Crippen molar-refractivity contribution in [3.8, 4) is 5.75 Å². The van der Waals surface area contributed by atoms with Gasteiger partial charge >= 0.3 is 5.97 Å². The molecule has 29 heavy (non-hydrogen) atoms. The minimum Gasteiger partial charge on any atom is -0.426 e. The fourth-order valence-corrected chi connectivity index (χ4v) is 4.38. The summed E-state index contributed by atoms with van der Waals surface area (Å²) in [5.41, 5.74) is 4.03. The molecule has 1 saturated carbocycles. The normalized spacial score (nSPS) is 19.3. The minimum absolute atomic E-state index is 0.0436. The minimum atomic E-state index is -0.0436. The highest BCUT2D eigenvalue weighted by molar-refractivity contribution is 5.75. The molecule has 0 aliphatic heterocycles. The summed E-state index contributed by atoms with van der Waals surface area (Å²) in [5, 5.41) is 0. The first-order valence-corrected chi connectivity index (χ1v) is 11.4. The van der Waals surface area contributed by atoms with E-state index in [9.17, 15) is 4.79 Å². The second kappa shape index (κ2) is 10.6. The van der Waals surface area contributed by atoms with Gasteiger partial charge in [-0.15, -0.1) is 0 Å². The van der Waals surface area contributed by atoms with E-state index in [-0.39, 0.29) is 11.9 Å². The second-order valence-corrected chi connectivity index (χ2v) is 8.97. The molecule has 0 N–H and O–H groups in total. The Morgan fingerprint density at radius 3 is 1.97 bits per heavy atom. The summed E-state index contributed by atoms with van der Waals surface area (Å²) in [7, 11) is 0. The number of ether oxygens (including phenoxy) is 1. The summed E-state index contributed by atoms with van der Waals surface area (Å²) in [5.74, 6) is 2.10. The SMILES string of the molecule is CCCC1CCC(C(=O)Oc2ccc(CCc3ccc(C(C)C)cc3)cc2)CC1. The first kappa shape index (κ1) is 21.6. The highest BCUT2D eigenvalue weighted by Gasteiger charge is 2.27. The summed E-state index contributed by atoms with van der Waals surface area (Å²) >= 11 is 0. The van der Waals surface area contributed by atoms with Crippen LogP contribution >= 0.6 is 0 Å². The number of aryl methyl sites for hydroxylation is 2. The van der Waals surface area contributed by atoms with Crippen molar-refractivity contribution in [3.63, 3.8) is 0 Å². The zero-order valence-corrected chi connectivity index (χ0v) is 18.3. The predicted octanol–water partition coefficient (Wildman–Crippen LogP) is 7.11. The molecule has 0 radical (unpaired) electrons. The van der Waals surface area contributed by atoms with Crippen LogP contribution in [0.2, 0.25) is 0 Å². The Kier molecular flexibility index (Phi) is 7.91. The van der Waals surface area contributed by atoms with Gasteiger partial charge in [0, 0.05) is 0 Å². The van der Waals surface area contributed by atoms with Crippen molar-refractivity contribution in [2.45, 2.75) is 78.1 Å². The molecule has 0 aromatic heterocycles. The predicted molar refractivity (Wildman–Crippen MR) is 120 cm³/mol. The Bertz CT molecular complexity index is 750. The van der Waals surface area contributed by atoms with Crippen LogP contribution in [0.1, 0.15) is 81.9 Å². The highest BCUT2D eigenvalue weighted by atomic mass is 16.5. The summed E-state index contributed by atoms with van der Waals surface area (Å²) < 4.78 is 5.66. The second-order valence-electron chi connectivity index (χ2n) is 8.97. The summed E-state index contributed by atoms with van der Waals surface area (Å²) in [6, 6.07) is 17.0. The first-order valence-electron chi connectivity index (χ1n) is 11.4. The van der Waals surface area contributed by atoms with Crippen LogP contribution < -0.4 is 4.74 Å². The quantitative estimate of drug-likeness (QED) is 0.353.